The Morgan fingerprint density at radius 1 is 1.47 bits per heavy atom. The Morgan fingerprint density at radius 3 is 2.88 bits per heavy atom. The van der Waals surface area contributed by atoms with Crippen molar-refractivity contribution in [3.63, 3.8) is 0 Å². The first-order chi connectivity index (χ1) is 8.03. The Bertz CT molecular complexity index is 506. The van der Waals surface area contributed by atoms with Crippen LogP contribution in [0.2, 0.25) is 0 Å². The minimum absolute atomic E-state index is 0.319. The number of hydrogen-bond donors (Lipinski definition) is 1. The number of hydrogen-bond acceptors (Lipinski definition) is 4. The smallest absolute Gasteiger partial charge is 0.264 e. The number of nitrogens with zero attached hydrogens (tertiary/aromatic N) is 2. The molecular formula is C10H14FN3O2S. The van der Waals surface area contributed by atoms with Crippen molar-refractivity contribution in [1.29, 1.82) is 0 Å². The Kier molecular flexibility index (Phi) is 3.41. The molecule has 94 valence electrons. The fourth-order valence-corrected chi connectivity index (χ4v) is 3.46. The lowest BCUT2D eigenvalue weighted by molar-refractivity contribution is 0.256. The highest BCUT2D eigenvalue weighted by Gasteiger charge is 2.34. The third-order valence-corrected chi connectivity index (χ3v) is 4.64. The second-order valence-corrected chi connectivity index (χ2v) is 5.78. The van der Waals surface area contributed by atoms with Gasteiger partial charge in [0.2, 0.25) is 5.03 Å². The Balaban J connectivity index is 2.39. The van der Waals surface area contributed by atoms with Crippen molar-refractivity contribution in [3.8, 4) is 0 Å². The average molecular weight is 259 g/mol. The molecule has 0 radical (unpaired) electrons. The summed E-state index contributed by atoms with van der Waals surface area (Å²) >= 11 is 0. The zero-order valence-corrected chi connectivity index (χ0v) is 10.0. The lowest BCUT2D eigenvalue weighted by atomic mass is 10.1. The minimum atomic E-state index is -3.92. The summed E-state index contributed by atoms with van der Waals surface area (Å²) in [5, 5.41) is -0.544. The fraction of sp³-hybridized carbons (Fsp3) is 0.500. The van der Waals surface area contributed by atoms with Crippen molar-refractivity contribution in [2.24, 2.45) is 5.73 Å². The number of aromatic nitrogens is 1. The molecule has 1 fully saturated rings. The summed E-state index contributed by atoms with van der Waals surface area (Å²) < 4.78 is 38.9. The molecule has 0 bridgehead atoms. The van der Waals surface area contributed by atoms with E-state index < -0.39 is 27.0 Å². The van der Waals surface area contributed by atoms with Crippen molar-refractivity contribution in [3.05, 3.63) is 24.1 Å². The zero-order chi connectivity index (χ0) is 12.5. The van der Waals surface area contributed by atoms with Gasteiger partial charge in [0.1, 0.15) is 0 Å². The SMILES string of the molecule is NC1CCCCN1S(=O)(=O)c1ncccc1F. The molecule has 2 N–H and O–H groups in total. The summed E-state index contributed by atoms with van der Waals surface area (Å²) in [6.45, 7) is 0.319. The van der Waals surface area contributed by atoms with Crippen LogP contribution < -0.4 is 5.73 Å². The number of piperidine rings is 1. The Labute approximate surface area is 99.5 Å². The number of sulfonamides is 1. The van der Waals surface area contributed by atoms with Gasteiger partial charge < -0.3 is 5.73 Å². The molecule has 1 atom stereocenters. The Morgan fingerprint density at radius 2 is 2.24 bits per heavy atom. The monoisotopic (exact) mass is 259 g/mol. The molecule has 1 aromatic heterocycles. The molecule has 2 heterocycles. The highest BCUT2D eigenvalue weighted by molar-refractivity contribution is 7.89. The summed E-state index contributed by atoms with van der Waals surface area (Å²) in [6, 6.07) is 2.43. The molecule has 1 unspecified atom stereocenters. The van der Waals surface area contributed by atoms with Gasteiger partial charge in [-0.25, -0.2) is 17.8 Å². The molecule has 0 aliphatic carbocycles. The first-order valence-corrected chi connectivity index (χ1v) is 6.85. The molecule has 0 saturated carbocycles. The molecular weight excluding hydrogens is 245 g/mol. The standard InChI is InChI=1S/C10H14FN3O2S/c11-8-4-3-6-13-10(8)17(15,16)14-7-2-1-5-9(14)12/h3-4,6,9H,1-2,5,7,12H2. The molecule has 0 spiro atoms. The van der Waals surface area contributed by atoms with Crippen LogP contribution in [0.4, 0.5) is 4.39 Å². The van der Waals surface area contributed by atoms with Crippen molar-refractivity contribution < 1.29 is 12.8 Å². The van der Waals surface area contributed by atoms with E-state index in [-0.39, 0.29) is 0 Å². The van der Waals surface area contributed by atoms with Crippen LogP contribution >= 0.6 is 0 Å². The van der Waals surface area contributed by atoms with E-state index in [2.05, 4.69) is 4.98 Å². The number of pyridine rings is 1. The number of rotatable bonds is 2. The highest BCUT2D eigenvalue weighted by Crippen LogP contribution is 2.23. The van der Waals surface area contributed by atoms with Crippen LogP contribution in [0.5, 0.6) is 0 Å². The van der Waals surface area contributed by atoms with Gasteiger partial charge in [-0.2, -0.15) is 4.31 Å². The van der Waals surface area contributed by atoms with Crippen LogP contribution in [0.1, 0.15) is 19.3 Å². The predicted molar refractivity (Wildman–Crippen MR) is 59.9 cm³/mol. The molecule has 17 heavy (non-hydrogen) atoms. The van der Waals surface area contributed by atoms with Crippen LogP contribution in [0.25, 0.3) is 0 Å². The van der Waals surface area contributed by atoms with E-state index in [1.165, 1.54) is 12.3 Å². The largest absolute Gasteiger partial charge is 0.315 e. The van der Waals surface area contributed by atoms with Crippen molar-refractivity contribution in [2.75, 3.05) is 6.54 Å². The van der Waals surface area contributed by atoms with E-state index in [0.29, 0.717) is 13.0 Å². The summed E-state index contributed by atoms with van der Waals surface area (Å²) in [6.07, 6.45) is 2.88. The van der Waals surface area contributed by atoms with Gasteiger partial charge in [-0.3, -0.25) is 0 Å². The highest BCUT2D eigenvalue weighted by atomic mass is 32.2. The fourth-order valence-electron chi connectivity index (χ4n) is 1.90. The van der Waals surface area contributed by atoms with Crippen molar-refractivity contribution in [2.45, 2.75) is 30.5 Å². The van der Waals surface area contributed by atoms with Gasteiger partial charge in [0.05, 0.1) is 6.17 Å². The third kappa shape index (κ3) is 2.31. The van der Waals surface area contributed by atoms with Crippen molar-refractivity contribution in [1.82, 2.24) is 9.29 Å². The van der Waals surface area contributed by atoms with E-state index in [1.54, 1.807) is 0 Å². The van der Waals surface area contributed by atoms with E-state index in [1.807, 2.05) is 0 Å². The lowest BCUT2D eigenvalue weighted by Gasteiger charge is -2.31. The minimum Gasteiger partial charge on any atom is -0.315 e. The Hall–Kier alpha value is -1.05. The number of nitrogens with two attached hydrogens (primary N) is 1. The van der Waals surface area contributed by atoms with E-state index in [4.69, 9.17) is 5.73 Å². The molecule has 0 amide bonds. The summed E-state index contributed by atoms with van der Waals surface area (Å²) in [4.78, 5) is 3.60. The topological polar surface area (TPSA) is 76.3 Å². The van der Waals surface area contributed by atoms with Gasteiger partial charge in [-0.15, -0.1) is 0 Å². The van der Waals surface area contributed by atoms with Gasteiger partial charge in [0, 0.05) is 12.7 Å². The molecule has 0 aromatic carbocycles. The first kappa shape index (κ1) is 12.4. The second-order valence-electron chi connectivity index (χ2n) is 3.97. The zero-order valence-electron chi connectivity index (χ0n) is 9.21. The van der Waals surface area contributed by atoms with Gasteiger partial charge >= 0.3 is 0 Å². The quantitative estimate of drug-likeness (QED) is 0.847. The molecule has 1 aliphatic rings. The normalized spacial score (nSPS) is 22.6. The van der Waals surface area contributed by atoms with Gasteiger partial charge in [0.15, 0.2) is 5.82 Å². The van der Waals surface area contributed by atoms with Crippen LogP contribution in [-0.4, -0.2) is 30.4 Å². The molecule has 7 heteroatoms. The summed E-state index contributed by atoms with van der Waals surface area (Å²) in [5.41, 5.74) is 5.75. The summed E-state index contributed by atoms with van der Waals surface area (Å²) in [7, 11) is -3.92. The summed E-state index contributed by atoms with van der Waals surface area (Å²) in [5.74, 6) is -0.842. The predicted octanol–water partition coefficient (Wildman–Crippen LogP) is 0.680. The van der Waals surface area contributed by atoms with E-state index >= 15 is 0 Å². The van der Waals surface area contributed by atoms with Crippen LogP contribution in [0.15, 0.2) is 23.4 Å². The molecule has 1 saturated heterocycles. The number of halogens is 1. The van der Waals surface area contributed by atoms with Crippen LogP contribution in [-0.2, 0) is 10.0 Å². The first-order valence-electron chi connectivity index (χ1n) is 5.41. The van der Waals surface area contributed by atoms with Gasteiger partial charge in [-0.1, -0.05) is 0 Å². The maximum atomic E-state index is 13.5. The lowest BCUT2D eigenvalue weighted by Crippen LogP contribution is -2.48. The molecule has 1 aromatic rings. The van der Waals surface area contributed by atoms with Crippen LogP contribution in [0, 0.1) is 5.82 Å². The van der Waals surface area contributed by atoms with Gasteiger partial charge in [0.25, 0.3) is 10.0 Å². The molecule has 2 rings (SSSR count). The van der Waals surface area contributed by atoms with E-state index in [9.17, 15) is 12.8 Å². The molecule has 5 nitrogen and oxygen atoms in total. The molecule has 1 aliphatic heterocycles. The third-order valence-electron chi connectivity index (χ3n) is 2.78. The van der Waals surface area contributed by atoms with Crippen LogP contribution in [0.3, 0.4) is 0 Å². The maximum absolute atomic E-state index is 13.5. The van der Waals surface area contributed by atoms with Gasteiger partial charge in [-0.05, 0) is 31.4 Å². The maximum Gasteiger partial charge on any atom is 0.264 e. The van der Waals surface area contributed by atoms with Crippen molar-refractivity contribution >= 4 is 10.0 Å². The second kappa shape index (κ2) is 4.67. The average Bonchev–Trinajstić information content (AvgIpc) is 2.29. The van der Waals surface area contributed by atoms with E-state index in [0.717, 1.165) is 23.2 Å².